The molecule has 3 heterocycles. The highest BCUT2D eigenvalue weighted by atomic mass is 32.1. The summed E-state index contributed by atoms with van der Waals surface area (Å²) < 4.78 is 9.03. The van der Waals surface area contributed by atoms with E-state index in [-0.39, 0.29) is 0 Å². The van der Waals surface area contributed by atoms with Crippen LogP contribution in [0.2, 0.25) is 0 Å². The van der Waals surface area contributed by atoms with Crippen LogP contribution in [0.4, 0.5) is 0 Å². The summed E-state index contributed by atoms with van der Waals surface area (Å²) in [6, 6.07) is 65.8. The molecule has 262 valence electrons. The van der Waals surface area contributed by atoms with Gasteiger partial charge in [0.15, 0.2) is 17.5 Å². The summed E-state index contributed by atoms with van der Waals surface area (Å²) >= 11 is 1.79. The average Bonchev–Trinajstić information content (AvgIpc) is 3.84. The Balaban J connectivity index is 1.05. The first-order valence-electron chi connectivity index (χ1n) is 18.7. The van der Waals surface area contributed by atoms with Gasteiger partial charge in [-0.25, -0.2) is 15.0 Å². The van der Waals surface area contributed by atoms with Gasteiger partial charge in [0.2, 0.25) is 0 Å². The van der Waals surface area contributed by atoms with Crippen molar-refractivity contribution in [3.63, 3.8) is 0 Å². The van der Waals surface area contributed by atoms with E-state index in [9.17, 15) is 0 Å². The van der Waals surface area contributed by atoms with E-state index < -0.39 is 0 Å². The molecule has 3 aromatic heterocycles. The van der Waals surface area contributed by atoms with Gasteiger partial charge in [0.25, 0.3) is 0 Å². The van der Waals surface area contributed by atoms with Crippen molar-refractivity contribution in [1.29, 1.82) is 0 Å². The number of rotatable bonds is 6. The van der Waals surface area contributed by atoms with Gasteiger partial charge >= 0.3 is 0 Å². The van der Waals surface area contributed by atoms with E-state index in [0.717, 1.165) is 55.3 Å². The van der Waals surface area contributed by atoms with Crippen molar-refractivity contribution in [1.82, 2.24) is 15.0 Å². The summed E-state index contributed by atoms with van der Waals surface area (Å²) in [6.07, 6.45) is 0. The molecule has 0 amide bonds. The first kappa shape index (κ1) is 32.2. The molecule has 11 aromatic rings. The zero-order valence-electron chi connectivity index (χ0n) is 30.1. The highest BCUT2D eigenvalue weighted by Crippen LogP contribution is 2.43. The van der Waals surface area contributed by atoms with Crippen LogP contribution < -0.4 is 0 Å². The van der Waals surface area contributed by atoms with Crippen LogP contribution in [0.15, 0.2) is 192 Å². The van der Waals surface area contributed by atoms with Gasteiger partial charge < -0.3 is 4.42 Å². The molecule has 0 radical (unpaired) electrons. The fraction of sp³-hybridized carbons (Fsp3) is 0. The molecule has 0 bridgehead atoms. The second-order valence-electron chi connectivity index (χ2n) is 14.0. The van der Waals surface area contributed by atoms with E-state index in [4.69, 9.17) is 19.4 Å². The van der Waals surface area contributed by atoms with Gasteiger partial charge in [-0.2, -0.15) is 0 Å². The summed E-state index contributed by atoms with van der Waals surface area (Å²) in [7, 11) is 0. The molecule has 0 saturated heterocycles. The molecule has 0 aliphatic carbocycles. The minimum Gasteiger partial charge on any atom is -0.455 e. The molecular weight excluding hydrogens is 703 g/mol. The third-order valence-electron chi connectivity index (χ3n) is 10.5. The zero-order valence-corrected chi connectivity index (χ0v) is 30.9. The van der Waals surface area contributed by atoms with Crippen molar-refractivity contribution in [2.75, 3.05) is 0 Å². The number of thiophene rings is 1. The molecule has 0 fully saturated rings. The average molecular weight is 734 g/mol. The molecule has 0 aliphatic rings. The number of para-hydroxylation sites is 1. The van der Waals surface area contributed by atoms with E-state index in [1.54, 1.807) is 11.3 Å². The quantitative estimate of drug-likeness (QED) is 0.171. The SMILES string of the molecule is c1ccc(-c2cccc(-c3cc(-c4ccc5sc6cc(-c7nc(-c8ccccc8)nc(-c8ccccc8)n7)ccc6c5c4)c4oc5ccccc5c4c3)c2)cc1. The molecule has 8 aromatic carbocycles. The van der Waals surface area contributed by atoms with Gasteiger partial charge in [-0.3, -0.25) is 0 Å². The van der Waals surface area contributed by atoms with Crippen LogP contribution in [0, 0.1) is 0 Å². The van der Waals surface area contributed by atoms with Crippen LogP contribution in [0.1, 0.15) is 0 Å². The van der Waals surface area contributed by atoms with Crippen molar-refractivity contribution in [2.45, 2.75) is 0 Å². The molecule has 4 nitrogen and oxygen atoms in total. The Bertz CT molecular complexity index is 3180. The second-order valence-corrected chi connectivity index (χ2v) is 15.1. The van der Waals surface area contributed by atoms with Crippen LogP contribution in [0.5, 0.6) is 0 Å². The van der Waals surface area contributed by atoms with Gasteiger partial charge in [0.1, 0.15) is 11.2 Å². The zero-order chi connectivity index (χ0) is 37.0. The number of fused-ring (bicyclic) bond motifs is 6. The third kappa shape index (κ3) is 5.65. The monoisotopic (exact) mass is 733 g/mol. The molecule has 0 aliphatic heterocycles. The normalized spacial score (nSPS) is 11.6. The fourth-order valence-electron chi connectivity index (χ4n) is 7.74. The Morgan fingerprint density at radius 3 is 1.61 bits per heavy atom. The number of hydrogen-bond acceptors (Lipinski definition) is 5. The molecule has 0 saturated carbocycles. The van der Waals surface area contributed by atoms with Crippen molar-refractivity contribution in [3.8, 4) is 67.5 Å². The Kier molecular flexibility index (Phi) is 7.64. The smallest absolute Gasteiger partial charge is 0.164 e. The van der Waals surface area contributed by atoms with Crippen LogP contribution in [0.3, 0.4) is 0 Å². The van der Waals surface area contributed by atoms with E-state index in [1.165, 1.54) is 36.9 Å². The number of aromatic nitrogens is 3. The lowest BCUT2D eigenvalue weighted by molar-refractivity contribution is 0.670. The lowest BCUT2D eigenvalue weighted by Crippen LogP contribution is -1.99. The Labute approximate surface area is 327 Å². The van der Waals surface area contributed by atoms with Gasteiger partial charge in [0, 0.05) is 53.2 Å². The summed E-state index contributed by atoms with van der Waals surface area (Å²) in [5, 5.41) is 4.63. The topological polar surface area (TPSA) is 51.8 Å². The van der Waals surface area contributed by atoms with Crippen molar-refractivity contribution >= 4 is 53.4 Å². The van der Waals surface area contributed by atoms with Gasteiger partial charge in [-0.15, -0.1) is 11.3 Å². The molecule has 56 heavy (non-hydrogen) atoms. The second kappa shape index (κ2) is 13.3. The maximum atomic E-state index is 6.63. The van der Waals surface area contributed by atoms with Crippen LogP contribution >= 0.6 is 11.3 Å². The van der Waals surface area contributed by atoms with Crippen LogP contribution in [-0.4, -0.2) is 15.0 Å². The van der Waals surface area contributed by atoms with E-state index in [0.29, 0.717) is 17.5 Å². The number of nitrogens with zero attached hydrogens (tertiary/aromatic N) is 3. The molecule has 0 spiro atoms. The predicted octanol–water partition coefficient (Wildman–Crippen LogP) is 14.1. The minimum atomic E-state index is 0.651. The van der Waals surface area contributed by atoms with Crippen molar-refractivity contribution < 1.29 is 4.42 Å². The maximum absolute atomic E-state index is 6.63. The number of benzene rings is 8. The summed E-state index contributed by atoms with van der Waals surface area (Å²) in [6.45, 7) is 0. The molecule has 0 N–H and O–H groups in total. The van der Waals surface area contributed by atoms with E-state index >= 15 is 0 Å². The Morgan fingerprint density at radius 1 is 0.321 bits per heavy atom. The minimum absolute atomic E-state index is 0.651. The van der Waals surface area contributed by atoms with Crippen LogP contribution in [0.25, 0.3) is 110 Å². The lowest BCUT2D eigenvalue weighted by Gasteiger charge is -2.10. The standard InChI is InChI=1S/C51H31N3OS/c1-4-13-32(14-5-1)35-19-12-20-36(27-35)39-29-42(48-44(30-39)40-21-10-11-22-45(40)55-48)37-24-26-46-43(28-37)41-25-23-38(31-47(41)56-46)51-53-49(33-15-6-2-7-16-33)52-50(54-51)34-17-8-3-9-18-34/h1-31H. The van der Waals surface area contributed by atoms with E-state index in [1.807, 2.05) is 66.7 Å². The summed E-state index contributed by atoms with van der Waals surface area (Å²) in [4.78, 5) is 14.9. The summed E-state index contributed by atoms with van der Waals surface area (Å²) in [5.41, 5.74) is 11.5. The number of hydrogen-bond donors (Lipinski definition) is 0. The predicted molar refractivity (Wildman–Crippen MR) is 233 cm³/mol. The fourth-order valence-corrected chi connectivity index (χ4v) is 8.86. The van der Waals surface area contributed by atoms with E-state index in [2.05, 4.69) is 121 Å². The molecule has 5 heteroatoms. The molecule has 0 unspecified atom stereocenters. The number of furan rings is 1. The van der Waals surface area contributed by atoms with Crippen molar-refractivity contribution in [2.24, 2.45) is 0 Å². The molecular formula is C51H31N3OS. The van der Waals surface area contributed by atoms with Crippen LogP contribution in [-0.2, 0) is 0 Å². The van der Waals surface area contributed by atoms with Crippen molar-refractivity contribution in [3.05, 3.63) is 188 Å². The van der Waals surface area contributed by atoms with Gasteiger partial charge in [0.05, 0.1) is 0 Å². The lowest BCUT2D eigenvalue weighted by atomic mass is 9.93. The first-order chi connectivity index (χ1) is 27.7. The summed E-state index contributed by atoms with van der Waals surface area (Å²) in [5.74, 6) is 1.96. The largest absolute Gasteiger partial charge is 0.455 e. The highest BCUT2D eigenvalue weighted by molar-refractivity contribution is 7.25. The highest BCUT2D eigenvalue weighted by Gasteiger charge is 2.18. The first-order valence-corrected chi connectivity index (χ1v) is 19.5. The van der Waals surface area contributed by atoms with Gasteiger partial charge in [-0.1, -0.05) is 146 Å². The Hall–Kier alpha value is -7.21. The molecule has 0 atom stereocenters. The Morgan fingerprint density at radius 2 is 0.893 bits per heavy atom. The third-order valence-corrected chi connectivity index (χ3v) is 11.7. The maximum Gasteiger partial charge on any atom is 0.164 e. The molecule has 11 rings (SSSR count). The van der Waals surface area contributed by atoms with Gasteiger partial charge in [-0.05, 0) is 70.3 Å².